The Kier molecular flexibility index (Phi) is 5.07. The topological polar surface area (TPSA) is 70.5 Å². The van der Waals surface area contributed by atoms with Crippen molar-refractivity contribution in [3.8, 4) is 0 Å². The maximum atomic E-state index is 11.9. The Morgan fingerprint density at radius 3 is 2.65 bits per heavy atom. The van der Waals surface area contributed by atoms with Gasteiger partial charge in [-0.25, -0.2) is 4.98 Å². The van der Waals surface area contributed by atoms with Crippen LogP contribution in [0.25, 0.3) is 0 Å². The molecule has 7 heteroatoms. The van der Waals surface area contributed by atoms with E-state index in [1.165, 1.54) is 11.1 Å². The van der Waals surface area contributed by atoms with Gasteiger partial charge in [-0.2, -0.15) is 0 Å². The first-order valence-corrected chi connectivity index (χ1v) is 6.28. The number of carbonyl (C=O) groups excluding carboxylic acids is 1. The first kappa shape index (κ1) is 14.1. The molecule has 0 aliphatic heterocycles. The van der Waals surface area contributed by atoms with Crippen molar-refractivity contribution in [3.05, 3.63) is 26.9 Å². The number of hydrogen-bond acceptors (Lipinski definition) is 3. The lowest BCUT2D eigenvalue weighted by Crippen LogP contribution is -2.30. The van der Waals surface area contributed by atoms with E-state index in [0.717, 1.165) is 4.47 Å². The summed E-state index contributed by atoms with van der Waals surface area (Å²) in [5.74, 6) is -1.25. The van der Waals surface area contributed by atoms with E-state index in [0.29, 0.717) is 4.47 Å². The predicted molar refractivity (Wildman–Crippen MR) is 68.9 cm³/mol. The van der Waals surface area contributed by atoms with Gasteiger partial charge in [0.25, 0.3) is 5.91 Å². The van der Waals surface area contributed by atoms with Gasteiger partial charge in [-0.1, -0.05) is 0 Å². The highest BCUT2D eigenvalue weighted by atomic mass is 79.9. The number of amides is 1. The number of aliphatic carboxylic acids is 1. The van der Waals surface area contributed by atoms with E-state index in [9.17, 15) is 9.59 Å². The van der Waals surface area contributed by atoms with E-state index >= 15 is 0 Å². The molecule has 1 amide bonds. The Balaban J connectivity index is 2.78. The molecule has 0 aliphatic carbocycles. The summed E-state index contributed by atoms with van der Waals surface area (Å²) < 4.78 is 1.33. The Hall–Kier alpha value is -0.950. The molecule has 1 rings (SSSR count). The molecule has 0 saturated carbocycles. The molecular formula is C10H10Br2N2O3. The molecule has 1 N–H and O–H groups in total. The van der Waals surface area contributed by atoms with E-state index in [1.807, 2.05) is 0 Å². The van der Waals surface area contributed by atoms with Crippen LogP contribution in [0.4, 0.5) is 0 Å². The highest BCUT2D eigenvalue weighted by molar-refractivity contribution is 9.11. The molecule has 0 unspecified atom stereocenters. The van der Waals surface area contributed by atoms with Crippen LogP contribution in [-0.2, 0) is 4.79 Å². The van der Waals surface area contributed by atoms with Gasteiger partial charge in [0.05, 0.1) is 10.9 Å². The minimum absolute atomic E-state index is 0.0869. The monoisotopic (exact) mass is 364 g/mol. The van der Waals surface area contributed by atoms with Gasteiger partial charge in [0.1, 0.15) is 5.69 Å². The second-order valence-corrected chi connectivity index (χ2v) is 5.12. The first-order valence-electron chi connectivity index (χ1n) is 4.70. The summed E-state index contributed by atoms with van der Waals surface area (Å²) in [4.78, 5) is 27.6. The molecule has 17 heavy (non-hydrogen) atoms. The van der Waals surface area contributed by atoms with Gasteiger partial charge in [-0.3, -0.25) is 9.59 Å². The van der Waals surface area contributed by atoms with E-state index in [1.54, 1.807) is 13.1 Å². The Morgan fingerprint density at radius 1 is 1.47 bits per heavy atom. The minimum atomic E-state index is -0.938. The zero-order valence-corrected chi connectivity index (χ0v) is 12.2. The van der Waals surface area contributed by atoms with E-state index in [4.69, 9.17) is 5.11 Å². The second-order valence-electron chi connectivity index (χ2n) is 3.35. The molecule has 92 valence electrons. The Morgan fingerprint density at radius 2 is 2.12 bits per heavy atom. The second kappa shape index (κ2) is 6.11. The fraction of sp³-hybridized carbons (Fsp3) is 0.300. The van der Waals surface area contributed by atoms with Crippen LogP contribution >= 0.6 is 31.9 Å². The van der Waals surface area contributed by atoms with Crippen molar-refractivity contribution in [2.45, 2.75) is 6.42 Å². The van der Waals surface area contributed by atoms with Crippen molar-refractivity contribution in [2.75, 3.05) is 13.6 Å². The molecule has 1 heterocycles. The van der Waals surface area contributed by atoms with E-state index in [-0.39, 0.29) is 24.6 Å². The largest absolute Gasteiger partial charge is 0.481 e. The lowest BCUT2D eigenvalue weighted by Gasteiger charge is -2.16. The van der Waals surface area contributed by atoms with Crippen LogP contribution in [-0.4, -0.2) is 40.5 Å². The molecule has 0 fully saturated rings. The highest BCUT2D eigenvalue weighted by Crippen LogP contribution is 2.20. The third kappa shape index (κ3) is 4.08. The molecule has 1 aromatic rings. The first-order chi connectivity index (χ1) is 7.91. The zero-order valence-electron chi connectivity index (χ0n) is 8.98. The van der Waals surface area contributed by atoms with Crippen molar-refractivity contribution >= 4 is 43.7 Å². The van der Waals surface area contributed by atoms with Gasteiger partial charge in [0, 0.05) is 24.3 Å². The number of rotatable bonds is 4. The number of nitrogens with zero attached hydrogens (tertiary/aromatic N) is 2. The summed E-state index contributed by atoms with van der Waals surface area (Å²) in [6.45, 7) is 0.151. The summed E-state index contributed by atoms with van der Waals surface area (Å²) in [5.41, 5.74) is 0.265. The quantitative estimate of drug-likeness (QED) is 0.887. The molecule has 0 aromatic carbocycles. The molecular weight excluding hydrogens is 356 g/mol. The molecule has 0 aliphatic rings. The zero-order chi connectivity index (χ0) is 13.0. The van der Waals surface area contributed by atoms with Crippen LogP contribution in [0.15, 0.2) is 21.2 Å². The van der Waals surface area contributed by atoms with Crippen LogP contribution < -0.4 is 0 Å². The summed E-state index contributed by atoms with van der Waals surface area (Å²) >= 11 is 6.48. The summed E-state index contributed by atoms with van der Waals surface area (Å²) in [5, 5.41) is 8.54. The third-order valence-electron chi connectivity index (χ3n) is 2.02. The number of hydrogen-bond donors (Lipinski definition) is 1. The average Bonchev–Trinajstić information content (AvgIpc) is 2.25. The van der Waals surface area contributed by atoms with Crippen molar-refractivity contribution in [1.29, 1.82) is 0 Å². The smallest absolute Gasteiger partial charge is 0.305 e. The average molecular weight is 366 g/mol. The van der Waals surface area contributed by atoms with Crippen molar-refractivity contribution in [2.24, 2.45) is 0 Å². The molecule has 5 nitrogen and oxygen atoms in total. The lowest BCUT2D eigenvalue weighted by molar-refractivity contribution is -0.137. The number of carboxylic acids is 1. The van der Waals surface area contributed by atoms with Gasteiger partial charge < -0.3 is 10.0 Å². The number of carbonyl (C=O) groups is 2. The number of carboxylic acid groups (broad SMARTS) is 1. The molecule has 0 radical (unpaired) electrons. The molecule has 0 atom stereocenters. The summed E-state index contributed by atoms with van der Waals surface area (Å²) in [6, 6.07) is 1.71. The standard InChI is InChI=1S/C10H10Br2N2O3/c1-14(3-2-8(15)16)10(17)9-7(12)4-6(11)5-13-9/h4-5H,2-3H2,1H3,(H,15,16). The van der Waals surface area contributed by atoms with Gasteiger partial charge in [0.15, 0.2) is 0 Å². The SMILES string of the molecule is CN(CCC(=O)O)C(=O)c1ncc(Br)cc1Br. The van der Waals surface area contributed by atoms with Crippen molar-refractivity contribution in [3.63, 3.8) is 0 Å². The number of aromatic nitrogens is 1. The van der Waals surface area contributed by atoms with Crippen LogP contribution in [0.1, 0.15) is 16.9 Å². The number of halogens is 2. The Labute approximate surface area is 115 Å². The maximum Gasteiger partial charge on any atom is 0.305 e. The fourth-order valence-electron chi connectivity index (χ4n) is 1.12. The van der Waals surface area contributed by atoms with Gasteiger partial charge in [-0.05, 0) is 37.9 Å². The fourth-order valence-corrected chi connectivity index (χ4v) is 2.27. The summed E-state index contributed by atoms with van der Waals surface area (Å²) in [6.07, 6.45) is 1.43. The van der Waals surface area contributed by atoms with Gasteiger partial charge in [-0.15, -0.1) is 0 Å². The van der Waals surface area contributed by atoms with Crippen LogP contribution in [0.2, 0.25) is 0 Å². The highest BCUT2D eigenvalue weighted by Gasteiger charge is 2.17. The van der Waals surface area contributed by atoms with Crippen molar-refractivity contribution < 1.29 is 14.7 Å². The van der Waals surface area contributed by atoms with Crippen LogP contribution in [0, 0.1) is 0 Å². The maximum absolute atomic E-state index is 11.9. The summed E-state index contributed by atoms with van der Waals surface area (Å²) in [7, 11) is 1.54. The molecule has 1 aromatic heterocycles. The predicted octanol–water partition coefficient (Wildman–Crippen LogP) is 2.15. The normalized spacial score (nSPS) is 10.1. The van der Waals surface area contributed by atoms with Gasteiger partial charge >= 0.3 is 5.97 Å². The minimum Gasteiger partial charge on any atom is -0.481 e. The van der Waals surface area contributed by atoms with Crippen molar-refractivity contribution in [1.82, 2.24) is 9.88 Å². The number of pyridine rings is 1. The van der Waals surface area contributed by atoms with Gasteiger partial charge in [0.2, 0.25) is 0 Å². The molecule has 0 spiro atoms. The van der Waals surface area contributed by atoms with E-state index < -0.39 is 5.97 Å². The lowest BCUT2D eigenvalue weighted by atomic mass is 10.3. The molecule has 0 bridgehead atoms. The third-order valence-corrected chi connectivity index (χ3v) is 3.06. The van der Waals surface area contributed by atoms with Crippen LogP contribution in [0.3, 0.4) is 0 Å². The Bertz CT molecular complexity index is 451. The van der Waals surface area contributed by atoms with E-state index in [2.05, 4.69) is 36.8 Å². The van der Waals surface area contributed by atoms with Crippen LogP contribution in [0.5, 0.6) is 0 Å². The molecule has 0 saturated heterocycles.